The van der Waals surface area contributed by atoms with Crippen molar-refractivity contribution in [2.75, 3.05) is 13.2 Å². The first-order chi connectivity index (χ1) is 13.0. The number of hydrogen-bond acceptors (Lipinski definition) is 4. The van der Waals surface area contributed by atoms with Crippen molar-refractivity contribution in [2.45, 2.75) is 82.1 Å². The molecule has 1 saturated heterocycles. The Kier molecular flexibility index (Phi) is 5.17. The molecular weight excluding hydrogens is 340 g/mol. The molecule has 2 fully saturated rings. The predicted molar refractivity (Wildman–Crippen MR) is 105 cm³/mol. The first-order valence-corrected chi connectivity index (χ1v) is 10.4. The van der Waals surface area contributed by atoms with E-state index < -0.39 is 5.60 Å². The van der Waals surface area contributed by atoms with Crippen molar-refractivity contribution >= 4 is 5.91 Å². The van der Waals surface area contributed by atoms with Crippen LogP contribution < -0.4 is 10.5 Å². The Morgan fingerprint density at radius 1 is 1.11 bits per heavy atom. The zero-order valence-electron chi connectivity index (χ0n) is 16.5. The summed E-state index contributed by atoms with van der Waals surface area (Å²) in [5.74, 6) is 1.32. The van der Waals surface area contributed by atoms with Gasteiger partial charge < -0.3 is 20.1 Å². The van der Waals surface area contributed by atoms with E-state index in [1.165, 1.54) is 5.56 Å². The molecule has 27 heavy (non-hydrogen) atoms. The van der Waals surface area contributed by atoms with Gasteiger partial charge in [0.25, 0.3) is 5.91 Å². The van der Waals surface area contributed by atoms with Gasteiger partial charge in [0, 0.05) is 12.6 Å². The van der Waals surface area contributed by atoms with Gasteiger partial charge in [0.2, 0.25) is 0 Å². The van der Waals surface area contributed by atoms with Crippen LogP contribution in [0.3, 0.4) is 0 Å². The number of hydrogen-bond donors (Lipinski definition) is 1. The van der Waals surface area contributed by atoms with Crippen molar-refractivity contribution in [1.82, 2.24) is 4.90 Å². The molecule has 0 radical (unpaired) electrons. The van der Waals surface area contributed by atoms with Crippen molar-refractivity contribution < 1.29 is 14.3 Å². The van der Waals surface area contributed by atoms with E-state index in [1.54, 1.807) is 0 Å². The lowest BCUT2D eigenvalue weighted by Crippen LogP contribution is -2.61. The largest absolute Gasteiger partial charge is 0.478 e. The Morgan fingerprint density at radius 2 is 1.85 bits per heavy atom. The molecule has 2 N–H and O–H groups in total. The molecule has 4 aliphatic rings. The first kappa shape index (κ1) is 18.8. The van der Waals surface area contributed by atoms with Gasteiger partial charge in [0.1, 0.15) is 5.75 Å². The molecule has 1 amide bonds. The van der Waals surface area contributed by atoms with E-state index >= 15 is 0 Å². The van der Waals surface area contributed by atoms with Gasteiger partial charge in [-0.2, -0.15) is 0 Å². The Labute approximate surface area is 162 Å². The molecule has 3 aliphatic heterocycles. The maximum Gasteiger partial charge on any atom is 0.266 e. The van der Waals surface area contributed by atoms with Crippen LogP contribution >= 0.6 is 0 Å². The Hall–Kier alpha value is -1.59. The fourth-order valence-corrected chi connectivity index (χ4v) is 4.90. The Morgan fingerprint density at radius 3 is 2.63 bits per heavy atom. The van der Waals surface area contributed by atoms with Crippen molar-refractivity contribution in [3.63, 3.8) is 0 Å². The number of carbonyl (C=O) groups excluding carboxylic acids is 1. The lowest BCUT2D eigenvalue weighted by molar-refractivity contribution is -0.152. The molecule has 0 aromatic heterocycles. The number of amides is 1. The maximum absolute atomic E-state index is 13.4. The summed E-state index contributed by atoms with van der Waals surface area (Å²) < 4.78 is 12.6. The smallest absolute Gasteiger partial charge is 0.266 e. The minimum absolute atomic E-state index is 0.00708. The summed E-state index contributed by atoms with van der Waals surface area (Å²) in [7, 11) is 0. The average Bonchev–Trinajstić information content (AvgIpc) is 2.67. The number of fused-ring (bicyclic) bond motifs is 5. The van der Waals surface area contributed by atoms with Crippen LogP contribution in [0.5, 0.6) is 5.75 Å². The van der Waals surface area contributed by atoms with Crippen molar-refractivity contribution in [1.29, 1.82) is 0 Å². The summed E-state index contributed by atoms with van der Waals surface area (Å²) in [5.41, 5.74) is 6.70. The minimum Gasteiger partial charge on any atom is -0.478 e. The van der Waals surface area contributed by atoms with Crippen molar-refractivity contribution in [3.05, 3.63) is 29.8 Å². The van der Waals surface area contributed by atoms with Crippen LogP contribution in [0.15, 0.2) is 24.3 Å². The van der Waals surface area contributed by atoms with Gasteiger partial charge in [0.15, 0.2) is 5.60 Å². The first-order valence-electron chi connectivity index (χ1n) is 10.4. The van der Waals surface area contributed by atoms with Crippen LogP contribution in [0.25, 0.3) is 0 Å². The van der Waals surface area contributed by atoms with E-state index in [0.717, 1.165) is 50.8 Å². The second-order valence-corrected chi connectivity index (χ2v) is 8.83. The third kappa shape index (κ3) is 3.72. The topological polar surface area (TPSA) is 64.8 Å². The number of nitrogens with two attached hydrogens (primary N) is 1. The molecule has 3 heterocycles. The minimum atomic E-state index is -0.933. The fraction of sp³-hybridized carbons (Fsp3) is 0.682. The third-order valence-corrected chi connectivity index (χ3v) is 6.51. The lowest BCUT2D eigenvalue weighted by Gasteiger charge is -2.43. The number of carbonyl (C=O) groups is 1. The number of ether oxygens (including phenoxy) is 2. The average molecular weight is 373 g/mol. The summed E-state index contributed by atoms with van der Waals surface area (Å²) in [6.07, 6.45) is 6.45. The van der Waals surface area contributed by atoms with E-state index in [-0.39, 0.29) is 24.1 Å². The zero-order chi connectivity index (χ0) is 19.0. The van der Waals surface area contributed by atoms with Crippen LogP contribution in [0, 0.1) is 0 Å². The lowest BCUT2D eigenvalue weighted by atomic mass is 9.82. The van der Waals surface area contributed by atoms with Gasteiger partial charge in [-0.1, -0.05) is 18.2 Å². The van der Waals surface area contributed by atoms with Crippen molar-refractivity contribution in [3.8, 4) is 5.75 Å². The van der Waals surface area contributed by atoms with Gasteiger partial charge >= 0.3 is 0 Å². The number of nitrogens with zero attached hydrogens (tertiary/aromatic N) is 1. The normalized spacial score (nSPS) is 33.7. The molecule has 2 bridgehead atoms. The number of para-hydroxylation sites is 1. The SMILES string of the molecule is CC1(C)Oc2ccccc2[C@H]2CC[C@H](CC2)OCC2C(N)CCCN2C1=O. The molecule has 1 saturated carbocycles. The highest BCUT2D eigenvalue weighted by Crippen LogP contribution is 2.40. The number of rotatable bonds is 0. The molecule has 1 aliphatic carbocycles. The van der Waals surface area contributed by atoms with E-state index in [2.05, 4.69) is 12.1 Å². The van der Waals surface area contributed by atoms with Crippen molar-refractivity contribution in [2.24, 2.45) is 5.73 Å². The van der Waals surface area contributed by atoms with Gasteiger partial charge in [-0.05, 0) is 69.9 Å². The number of piperidine rings is 1. The van der Waals surface area contributed by atoms with E-state index in [4.69, 9.17) is 15.2 Å². The molecule has 148 valence electrons. The van der Waals surface area contributed by atoms with Gasteiger partial charge in [-0.25, -0.2) is 0 Å². The fourth-order valence-electron chi connectivity index (χ4n) is 4.90. The molecule has 1 aromatic carbocycles. The summed E-state index contributed by atoms with van der Waals surface area (Å²) in [6.45, 7) is 5.01. The molecule has 5 heteroatoms. The van der Waals surface area contributed by atoms with Crippen LogP contribution in [0.1, 0.15) is 63.9 Å². The highest BCUT2D eigenvalue weighted by Gasteiger charge is 2.42. The van der Waals surface area contributed by atoms with Gasteiger partial charge in [-0.15, -0.1) is 0 Å². The molecule has 5 nitrogen and oxygen atoms in total. The standard InChI is InChI=1S/C22H32N2O3/c1-22(2)21(25)24-13-5-7-18(23)19(24)14-26-16-11-9-15(10-12-16)17-6-3-4-8-20(17)27-22/h3-4,6,8,15-16,18-19H,5,7,9-14,23H2,1-2H3/t15-,16+,18?,19?. The second kappa shape index (κ2) is 7.44. The molecule has 0 spiro atoms. The van der Waals surface area contributed by atoms with Crippen LogP contribution in [-0.4, -0.2) is 47.7 Å². The van der Waals surface area contributed by atoms with Gasteiger partial charge in [0.05, 0.1) is 18.8 Å². The Balaban J connectivity index is 1.71. The van der Waals surface area contributed by atoms with Crippen LogP contribution in [-0.2, 0) is 9.53 Å². The van der Waals surface area contributed by atoms with Gasteiger partial charge in [-0.3, -0.25) is 4.79 Å². The van der Waals surface area contributed by atoms with E-state index in [9.17, 15) is 4.79 Å². The number of benzene rings is 1. The zero-order valence-corrected chi connectivity index (χ0v) is 16.5. The highest BCUT2D eigenvalue weighted by atomic mass is 16.5. The molecule has 5 rings (SSSR count). The third-order valence-electron chi connectivity index (χ3n) is 6.51. The monoisotopic (exact) mass is 372 g/mol. The quantitative estimate of drug-likeness (QED) is 0.759. The van der Waals surface area contributed by atoms with E-state index in [1.807, 2.05) is 30.9 Å². The molecular formula is C22H32N2O3. The van der Waals surface area contributed by atoms with Crippen LogP contribution in [0.4, 0.5) is 0 Å². The molecule has 1 aromatic rings. The predicted octanol–water partition coefficient (Wildman–Crippen LogP) is 3.22. The summed E-state index contributed by atoms with van der Waals surface area (Å²) in [4.78, 5) is 15.3. The molecule has 2 unspecified atom stereocenters. The van der Waals surface area contributed by atoms with E-state index in [0.29, 0.717) is 12.5 Å². The maximum atomic E-state index is 13.4. The summed E-state index contributed by atoms with van der Waals surface area (Å²) >= 11 is 0. The summed E-state index contributed by atoms with van der Waals surface area (Å²) in [5, 5.41) is 0. The summed E-state index contributed by atoms with van der Waals surface area (Å²) in [6, 6.07) is 8.12. The van der Waals surface area contributed by atoms with Crippen LogP contribution in [0.2, 0.25) is 0 Å². The highest BCUT2D eigenvalue weighted by molar-refractivity contribution is 5.85. The second-order valence-electron chi connectivity index (χ2n) is 8.83. The molecule has 2 atom stereocenters. The Bertz CT molecular complexity index is 682.